The minimum Gasteiger partial charge on any atom is -0.456 e. The van der Waals surface area contributed by atoms with Crippen molar-refractivity contribution >= 4 is 87.4 Å². The fourth-order valence-corrected chi connectivity index (χ4v) is 10.6. The third-order valence-electron chi connectivity index (χ3n) is 13.4. The molecule has 0 unspecified atom stereocenters. The number of aromatic nitrogens is 3. The average Bonchev–Trinajstić information content (AvgIpc) is 4.10. The number of hydrogen-bond acceptors (Lipinski definition) is 1. The van der Waals surface area contributed by atoms with Crippen LogP contribution >= 0.6 is 0 Å². The van der Waals surface area contributed by atoms with Gasteiger partial charge in [0, 0.05) is 60.2 Å². The van der Waals surface area contributed by atoms with Crippen molar-refractivity contribution in [2.45, 2.75) is 0 Å². The van der Waals surface area contributed by atoms with Gasteiger partial charge in [-0.05, 0) is 119 Å². The van der Waals surface area contributed by atoms with E-state index in [2.05, 4.69) is 238 Å². The maximum Gasteiger partial charge on any atom is 0.135 e. The van der Waals surface area contributed by atoms with Crippen molar-refractivity contribution in [1.82, 2.24) is 13.7 Å². The molecule has 0 fully saturated rings. The van der Waals surface area contributed by atoms with Crippen LogP contribution in [0, 0.1) is 0 Å². The van der Waals surface area contributed by atoms with Crippen LogP contribution in [0.4, 0.5) is 0 Å². The standard InChI is InChI=1S/C60H37N3O/c1-2-15-41(16-3-1)61-54-25-10-6-20-47(54)49-36-40(28-31-56(49)61)44-22-13-27-57-60(44)48-21-7-11-26-55(48)63(57)43-30-33-59-51(37-43)50-35-39(29-32-58(50)64-59)38-14-12-17-42(34-38)62-52-23-8-4-18-45(52)46-19-5-9-24-53(46)62/h1-37H. The fourth-order valence-electron chi connectivity index (χ4n) is 10.6. The van der Waals surface area contributed by atoms with Crippen LogP contribution in [0.3, 0.4) is 0 Å². The number of rotatable bonds is 5. The summed E-state index contributed by atoms with van der Waals surface area (Å²) in [6.45, 7) is 0. The van der Waals surface area contributed by atoms with Crippen LogP contribution in [0.1, 0.15) is 0 Å². The molecule has 4 heteroatoms. The van der Waals surface area contributed by atoms with E-state index < -0.39 is 0 Å². The Morgan fingerprint density at radius 2 is 0.719 bits per heavy atom. The van der Waals surface area contributed by atoms with Gasteiger partial charge in [-0.2, -0.15) is 0 Å². The molecular weight excluding hydrogens is 779 g/mol. The van der Waals surface area contributed by atoms with Crippen molar-refractivity contribution in [1.29, 1.82) is 0 Å². The topological polar surface area (TPSA) is 27.9 Å². The second-order valence-corrected chi connectivity index (χ2v) is 16.9. The highest BCUT2D eigenvalue weighted by Gasteiger charge is 2.20. The predicted molar refractivity (Wildman–Crippen MR) is 268 cm³/mol. The van der Waals surface area contributed by atoms with Crippen molar-refractivity contribution in [2.24, 2.45) is 0 Å². The van der Waals surface area contributed by atoms with Crippen LogP contribution < -0.4 is 0 Å². The average molecular weight is 816 g/mol. The van der Waals surface area contributed by atoms with Crippen molar-refractivity contribution in [3.8, 4) is 39.3 Å². The first-order valence-electron chi connectivity index (χ1n) is 21.9. The first-order valence-corrected chi connectivity index (χ1v) is 21.9. The third-order valence-corrected chi connectivity index (χ3v) is 13.4. The Bertz CT molecular complexity index is 4140. The summed E-state index contributed by atoms with van der Waals surface area (Å²) in [6.07, 6.45) is 0. The largest absolute Gasteiger partial charge is 0.456 e. The number of hydrogen-bond donors (Lipinski definition) is 0. The summed E-state index contributed by atoms with van der Waals surface area (Å²) >= 11 is 0. The van der Waals surface area contributed by atoms with Crippen LogP contribution in [0.25, 0.3) is 127 Å². The summed E-state index contributed by atoms with van der Waals surface area (Å²) in [7, 11) is 0. The molecule has 0 aliphatic heterocycles. The molecule has 0 N–H and O–H groups in total. The number of furan rings is 1. The first-order chi connectivity index (χ1) is 31.7. The molecular formula is C60H37N3O. The molecule has 4 nitrogen and oxygen atoms in total. The van der Waals surface area contributed by atoms with Crippen LogP contribution in [0.5, 0.6) is 0 Å². The SMILES string of the molecule is c1ccc(-n2c3ccccc3c3cc(-c4cccc5c4c4ccccc4n5-c4ccc5oc6ccc(-c7cccc(-n8c9ccccc9c9ccccc98)c7)cc6c5c4)ccc32)cc1. The molecule has 0 radical (unpaired) electrons. The van der Waals surface area contributed by atoms with E-state index in [1.165, 1.54) is 76.5 Å². The van der Waals surface area contributed by atoms with E-state index in [0.717, 1.165) is 50.1 Å². The van der Waals surface area contributed by atoms with E-state index in [1.54, 1.807) is 0 Å². The minimum absolute atomic E-state index is 0.874. The molecule has 0 saturated heterocycles. The van der Waals surface area contributed by atoms with Gasteiger partial charge in [-0.25, -0.2) is 0 Å². The highest BCUT2D eigenvalue weighted by atomic mass is 16.3. The number of para-hydroxylation sites is 5. The molecule has 10 aromatic carbocycles. The summed E-state index contributed by atoms with van der Waals surface area (Å²) in [6, 6.07) is 81.4. The molecule has 0 amide bonds. The van der Waals surface area contributed by atoms with Gasteiger partial charge >= 0.3 is 0 Å². The lowest BCUT2D eigenvalue weighted by molar-refractivity contribution is 0.669. The van der Waals surface area contributed by atoms with Crippen LogP contribution in [-0.4, -0.2) is 13.7 Å². The molecule has 0 aliphatic carbocycles. The lowest BCUT2D eigenvalue weighted by Crippen LogP contribution is -1.94. The van der Waals surface area contributed by atoms with E-state index in [4.69, 9.17) is 4.42 Å². The highest BCUT2D eigenvalue weighted by Crippen LogP contribution is 2.43. The second-order valence-electron chi connectivity index (χ2n) is 16.9. The maximum absolute atomic E-state index is 6.53. The summed E-state index contributed by atoms with van der Waals surface area (Å²) in [5.41, 5.74) is 17.0. The van der Waals surface area contributed by atoms with Gasteiger partial charge in [-0.3, -0.25) is 0 Å². The Kier molecular flexibility index (Phi) is 7.36. The Morgan fingerprint density at radius 3 is 1.45 bits per heavy atom. The number of nitrogens with zero attached hydrogens (tertiary/aromatic N) is 3. The Hall–Kier alpha value is -8.60. The minimum atomic E-state index is 0.874. The Labute approximate surface area is 367 Å². The van der Waals surface area contributed by atoms with Gasteiger partial charge in [-0.1, -0.05) is 127 Å². The highest BCUT2D eigenvalue weighted by molar-refractivity contribution is 6.18. The van der Waals surface area contributed by atoms with Gasteiger partial charge in [-0.15, -0.1) is 0 Å². The Balaban J connectivity index is 0.915. The van der Waals surface area contributed by atoms with Gasteiger partial charge in [0.15, 0.2) is 0 Å². The van der Waals surface area contributed by atoms with Gasteiger partial charge in [0.05, 0.1) is 33.1 Å². The molecule has 64 heavy (non-hydrogen) atoms. The zero-order chi connectivity index (χ0) is 41.9. The molecule has 0 spiro atoms. The van der Waals surface area contributed by atoms with Gasteiger partial charge in [0.2, 0.25) is 0 Å². The summed E-state index contributed by atoms with van der Waals surface area (Å²) in [4.78, 5) is 0. The molecule has 0 atom stereocenters. The normalized spacial score (nSPS) is 12.1. The molecule has 14 rings (SSSR count). The summed E-state index contributed by atoms with van der Waals surface area (Å²) in [5.74, 6) is 0. The number of benzene rings is 10. The predicted octanol–water partition coefficient (Wildman–Crippen LogP) is 16.2. The molecule has 14 aromatic rings. The van der Waals surface area contributed by atoms with E-state index in [1.807, 2.05) is 0 Å². The molecule has 0 saturated carbocycles. The summed E-state index contributed by atoms with van der Waals surface area (Å²) < 4.78 is 13.7. The molecule has 0 aliphatic rings. The van der Waals surface area contributed by atoms with E-state index in [-0.39, 0.29) is 0 Å². The van der Waals surface area contributed by atoms with Crippen molar-refractivity contribution in [2.75, 3.05) is 0 Å². The monoisotopic (exact) mass is 815 g/mol. The van der Waals surface area contributed by atoms with Gasteiger partial charge < -0.3 is 18.1 Å². The zero-order valence-electron chi connectivity index (χ0n) is 34.6. The zero-order valence-corrected chi connectivity index (χ0v) is 34.6. The summed E-state index contributed by atoms with van der Waals surface area (Å²) in [5, 5.41) is 9.67. The van der Waals surface area contributed by atoms with Gasteiger partial charge in [0.25, 0.3) is 0 Å². The van der Waals surface area contributed by atoms with E-state index in [9.17, 15) is 0 Å². The lowest BCUT2D eigenvalue weighted by Gasteiger charge is -2.11. The van der Waals surface area contributed by atoms with Crippen LogP contribution in [0.15, 0.2) is 229 Å². The second kappa shape index (κ2) is 13.4. The van der Waals surface area contributed by atoms with Crippen molar-refractivity contribution < 1.29 is 4.42 Å². The van der Waals surface area contributed by atoms with Crippen LogP contribution in [-0.2, 0) is 0 Å². The first kappa shape index (κ1) is 35.0. The Morgan fingerprint density at radius 1 is 0.250 bits per heavy atom. The lowest BCUT2D eigenvalue weighted by atomic mass is 9.98. The maximum atomic E-state index is 6.53. The van der Waals surface area contributed by atoms with Gasteiger partial charge in [0.1, 0.15) is 11.2 Å². The van der Waals surface area contributed by atoms with E-state index >= 15 is 0 Å². The van der Waals surface area contributed by atoms with Crippen molar-refractivity contribution in [3.63, 3.8) is 0 Å². The third kappa shape index (κ3) is 5.05. The van der Waals surface area contributed by atoms with E-state index in [0.29, 0.717) is 0 Å². The molecule has 298 valence electrons. The molecule has 4 heterocycles. The fraction of sp³-hybridized carbons (Fsp3) is 0. The smallest absolute Gasteiger partial charge is 0.135 e. The molecule has 4 aromatic heterocycles. The van der Waals surface area contributed by atoms with Crippen molar-refractivity contribution in [3.05, 3.63) is 224 Å². The quantitative estimate of drug-likeness (QED) is 0.170. The van der Waals surface area contributed by atoms with Crippen LogP contribution in [0.2, 0.25) is 0 Å². The number of fused-ring (bicyclic) bond motifs is 12. The molecule has 0 bridgehead atoms.